The molecule has 0 aromatic rings. The molecule has 0 aromatic heterocycles. The summed E-state index contributed by atoms with van der Waals surface area (Å²) in [6.07, 6.45) is 0. The summed E-state index contributed by atoms with van der Waals surface area (Å²) in [5.41, 5.74) is 4.88. The summed E-state index contributed by atoms with van der Waals surface area (Å²) < 4.78 is 0. The van der Waals surface area contributed by atoms with Crippen molar-refractivity contribution in [2.75, 3.05) is 0 Å². The number of guanidine groups is 1. The highest BCUT2D eigenvalue weighted by Gasteiger charge is 1.82. The highest BCUT2D eigenvalue weighted by Crippen LogP contribution is 1.61. The molecule has 0 spiro atoms. The fourth-order valence-corrected chi connectivity index (χ4v) is 0.300. The van der Waals surface area contributed by atoms with Gasteiger partial charge in [-0.25, -0.2) is 0 Å². The van der Waals surface area contributed by atoms with Crippen LogP contribution in [0.3, 0.4) is 0 Å². The Bertz CT molecular complexity index is 86.4. The molecule has 0 rings (SSSR count). The van der Waals surface area contributed by atoms with Gasteiger partial charge in [-0.05, 0) is 6.92 Å². The van der Waals surface area contributed by atoms with Crippen LogP contribution < -0.4 is 11.1 Å². The maximum atomic E-state index is 6.60. The number of hydrogen-bond donors (Lipinski definition) is 3. The van der Waals surface area contributed by atoms with Gasteiger partial charge in [0.2, 0.25) is 0 Å². The van der Waals surface area contributed by atoms with Gasteiger partial charge in [-0.3, -0.25) is 5.41 Å². The third-order valence-electron chi connectivity index (χ3n) is 0.311. The molecule has 4 heteroatoms. The van der Waals surface area contributed by atoms with Gasteiger partial charge in [-0.2, -0.15) is 0 Å². The Kier molecular flexibility index (Phi) is 2.29. The highest BCUT2D eigenvalue weighted by atomic mass is 32.1. The van der Waals surface area contributed by atoms with Crippen molar-refractivity contribution in [3.8, 4) is 0 Å². The summed E-state index contributed by atoms with van der Waals surface area (Å²) in [5.74, 6) is -0.104. The van der Waals surface area contributed by atoms with Gasteiger partial charge in [0, 0.05) is 0 Å². The molecule has 0 bridgehead atoms. The van der Waals surface area contributed by atoms with Crippen molar-refractivity contribution < 1.29 is 0 Å². The number of hydrogen-bond acceptors (Lipinski definition) is 2. The normalized spacial score (nSPS) is 7.57. The molecule has 0 heterocycles. The first-order valence-electron chi connectivity index (χ1n) is 1.74. The lowest BCUT2D eigenvalue weighted by atomic mass is 10.7. The van der Waals surface area contributed by atoms with Crippen LogP contribution in [-0.4, -0.2) is 10.9 Å². The molecule has 0 aliphatic rings. The summed E-state index contributed by atoms with van der Waals surface area (Å²) in [5, 5.41) is 9.00. The van der Waals surface area contributed by atoms with Crippen molar-refractivity contribution in [2.24, 2.45) is 5.73 Å². The van der Waals surface area contributed by atoms with Crippen molar-refractivity contribution in [2.45, 2.75) is 6.92 Å². The molecule has 0 aliphatic carbocycles. The molecule has 7 heavy (non-hydrogen) atoms. The molecular weight excluding hydrogens is 110 g/mol. The number of rotatable bonds is 0. The van der Waals surface area contributed by atoms with E-state index < -0.39 is 0 Å². The minimum atomic E-state index is -0.104. The van der Waals surface area contributed by atoms with E-state index >= 15 is 0 Å². The lowest BCUT2D eigenvalue weighted by Crippen LogP contribution is -2.32. The van der Waals surface area contributed by atoms with Gasteiger partial charge in [-0.1, -0.05) is 12.2 Å². The van der Waals surface area contributed by atoms with E-state index in [9.17, 15) is 0 Å². The van der Waals surface area contributed by atoms with E-state index in [0.717, 1.165) is 0 Å². The molecule has 0 unspecified atom stereocenters. The molecule has 0 saturated heterocycles. The lowest BCUT2D eigenvalue weighted by molar-refractivity contribution is 1.26. The molecule has 40 valence electrons. The zero-order chi connectivity index (χ0) is 5.86. The zero-order valence-electron chi connectivity index (χ0n) is 3.99. The van der Waals surface area contributed by atoms with Gasteiger partial charge >= 0.3 is 0 Å². The Labute approximate surface area is 47.4 Å². The summed E-state index contributed by atoms with van der Waals surface area (Å²) in [4.78, 5) is 0.521. The van der Waals surface area contributed by atoms with Crippen molar-refractivity contribution in [3.05, 3.63) is 0 Å². The lowest BCUT2D eigenvalue weighted by Gasteiger charge is -1.95. The number of nitrogens with two attached hydrogens (primary N) is 1. The maximum absolute atomic E-state index is 6.60. The van der Waals surface area contributed by atoms with Crippen LogP contribution >= 0.6 is 12.2 Å². The van der Waals surface area contributed by atoms with Crippen molar-refractivity contribution >= 4 is 23.2 Å². The Morgan fingerprint density at radius 2 is 2.29 bits per heavy atom. The van der Waals surface area contributed by atoms with Crippen LogP contribution in [0, 0.1) is 5.41 Å². The Hall–Kier alpha value is -0.640. The predicted octanol–water partition coefficient (Wildman–Crippen LogP) is -0.183. The topological polar surface area (TPSA) is 61.9 Å². The molecule has 0 saturated carbocycles. The van der Waals surface area contributed by atoms with Crippen LogP contribution in [0.5, 0.6) is 0 Å². The second kappa shape index (κ2) is 2.52. The van der Waals surface area contributed by atoms with Crippen LogP contribution in [0.1, 0.15) is 6.92 Å². The summed E-state index contributed by atoms with van der Waals surface area (Å²) in [6.45, 7) is 1.66. The summed E-state index contributed by atoms with van der Waals surface area (Å²) in [7, 11) is 0. The molecule has 0 radical (unpaired) electrons. The molecule has 0 amide bonds. The van der Waals surface area contributed by atoms with Gasteiger partial charge in [0.05, 0.1) is 4.99 Å². The first-order valence-corrected chi connectivity index (χ1v) is 2.15. The maximum Gasteiger partial charge on any atom is 0.190 e. The van der Waals surface area contributed by atoms with Gasteiger partial charge in [0.15, 0.2) is 5.96 Å². The Balaban J connectivity index is 3.32. The molecule has 0 aliphatic heterocycles. The van der Waals surface area contributed by atoms with Crippen LogP contribution in [-0.2, 0) is 0 Å². The van der Waals surface area contributed by atoms with E-state index in [4.69, 9.17) is 11.1 Å². The average Bonchev–Trinajstić information content (AvgIpc) is 1.27. The van der Waals surface area contributed by atoms with Crippen LogP contribution in [0.2, 0.25) is 0 Å². The first kappa shape index (κ1) is 6.36. The smallest absolute Gasteiger partial charge is 0.190 e. The largest absolute Gasteiger partial charge is 0.370 e. The van der Waals surface area contributed by atoms with Crippen LogP contribution in [0.15, 0.2) is 0 Å². The fourth-order valence-electron chi connectivity index (χ4n) is 0.190. The quantitative estimate of drug-likeness (QED) is 0.234. The Morgan fingerprint density at radius 3 is 2.29 bits per heavy atom. The standard InChI is InChI=1S/C3H7N3S/c1-2(7)6-3(4)5/h1H3,(H4,4,5,6,7). The minimum Gasteiger partial charge on any atom is -0.370 e. The second-order valence-corrected chi connectivity index (χ2v) is 1.71. The SMILES string of the molecule is CC(=S)NC(=N)N. The Morgan fingerprint density at radius 1 is 1.86 bits per heavy atom. The molecule has 4 N–H and O–H groups in total. The molecule has 3 nitrogen and oxygen atoms in total. The van der Waals surface area contributed by atoms with Crippen molar-refractivity contribution in [1.29, 1.82) is 5.41 Å². The van der Waals surface area contributed by atoms with E-state index in [-0.39, 0.29) is 5.96 Å². The van der Waals surface area contributed by atoms with Gasteiger partial charge in [0.25, 0.3) is 0 Å². The van der Waals surface area contributed by atoms with E-state index in [1.165, 1.54) is 0 Å². The third kappa shape index (κ3) is 5.36. The minimum absolute atomic E-state index is 0.104. The number of thiocarbonyl (C=S) groups is 1. The third-order valence-corrected chi connectivity index (χ3v) is 0.413. The molecule has 0 fully saturated rings. The zero-order valence-corrected chi connectivity index (χ0v) is 4.80. The number of nitrogens with one attached hydrogen (secondary N) is 2. The van der Waals surface area contributed by atoms with Gasteiger partial charge in [0.1, 0.15) is 0 Å². The predicted molar refractivity (Wildman–Crippen MR) is 33.3 cm³/mol. The highest BCUT2D eigenvalue weighted by molar-refractivity contribution is 7.80. The first-order chi connectivity index (χ1) is 3.13. The van der Waals surface area contributed by atoms with E-state index in [1.54, 1.807) is 6.92 Å². The monoisotopic (exact) mass is 117 g/mol. The summed E-state index contributed by atoms with van der Waals surface area (Å²) >= 11 is 4.54. The summed E-state index contributed by atoms with van der Waals surface area (Å²) in [6, 6.07) is 0. The van der Waals surface area contributed by atoms with Crippen LogP contribution in [0.25, 0.3) is 0 Å². The molecule has 0 atom stereocenters. The second-order valence-electron chi connectivity index (χ2n) is 1.09. The molecular formula is C3H7N3S. The van der Waals surface area contributed by atoms with Crippen molar-refractivity contribution in [1.82, 2.24) is 5.32 Å². The average molecular weight is 117 g/mol. The molecule has 0 aromatic carbocycles. The van der Waals surface area contributed by atoms with Crippen LogP contribution in [0.4, 0.5) is 0 Å². The fraction of sp³-hybridized carbons (Fsp3) is 0.333. The van der Waals surface area contributed by atoms with E-state index in [0.29, 0.717) is 4.99 Å². The van der Waals surface area contributed by atoms with E-state index in [2.05, 4.69) is 17.5 Å². The van der Waals surface area contributed by atoms with Gasteiger partial charge < -0.3 is 11.1 Å². The van der Waals surface area contributed by atoms with Crippen molar-refractivity contribution in [3.63, 3.8) is 0 Å². The van der Waals surface area contributed by atoms with E-state index in [1.807, 2.05) is 0 Å². The van der Waals surface area contributed by atoms with Gasteiger partial charge in [-0.15, -0.1) is 0 Å².